The van der Waals surface area contributed by atoms with Crippen LogP contribution >= 0.6 is 0 Å². The Kier molecular flexibility index (Phi) is 4.04. The molecule has 13 heteroatoms. The third-order valence-corrected chi connectivity index (χ3v) is 1.48. The van der Waals surface area contributed by atoms with E-state index in [1.807, 2.05) is 0 Å². The smallest absolute Gasteiger partial charge is 0.402 e. The van der Waals surface area contributed by atoms with E-state index < -0.39 is 31.5 Å². The summed E-state index contributed by atoms with van der Waals surface area (Å²) < 4.78 is 110. The average molecular weight is 280 g/mol. The van der Waals surface area contributed by atoms with E-state index in [9.17, 15) is 39.5 Å². The maximum Gasteiger partial charge on any atom is 0.635 e. The van der Waals surface area contributed by atoms with E-state index in [0.717, 1.165) is 0 Å². The molecule has 0 aliphatic rings. The number of halogens is 9. The van der Waals surface area contributed by atoms with Crippen molar-refractivity contribution in [1.29, 1.82) is 0 Å². The SMILES string of the molecule is OB(O)OC(C(F)(F)F)(C(F)(F)F)C(F)(F)F. The van der Waals surface area contributed by atoms with Crippen LogP contribution in [0.4, 0.5) is 39.5 Å². The summed E-state index contributed by atoms with van der Waals surface area (Å²) >= 11 is 0. The zero-order valence-corrected chi connectivity index (χ0v) is 7.28. The molecule has 102 valence electrons. The summed E-state index contributed by atoms with van der Waals surface area (Å²) in [6.45, 7) is 0. The van der Waals surface area contributed by atoms with Crippen molar-refractivity contribution in [3.63, 3.8) is 0 Å². The zero-order valence-electron chi connectivity index (χ0n) is 7.28. The van der Waals surface area contributed by atoms with Crippen LogP contribution < -0.4 is 0 Å². The van der Waals surface area contributed by atoms with E-state index in [-0.39, 0.29) is 0 Å². The number of hydrogen-bond acceptors (Lipinski definition) is 3. The van der Waals surface area contributed by atoms with Gasteiger partial charge in [0.15, 0.2) is 0 Å². The fourth-order valence-corrected chi connectivity index (χ4v) is 0.841. The lowest BCUT2D eigenvalue weighted by Gasteiger charge is -2.38. The second kappa shape index (κ2) is 4.21. The fourth-order valence-electron chi connectivity index (χ4n) is 0.841. The van der Waals surface area contributed by atoms with Crippen molar-refractivity contribution in [2.75, 3.05) is 0 Å². The molecule has 0 spiro atoms. The van der Waals surface area contributed by atoms with Gasteiger partial charge >= 0.3 is 31.5 Å². The van der Waals surface area contributed by atoms with Gasteiger partial charge in [-0.3, -0.25) is 0 Å². The van der Waals surface area contributed by atoms with Gasteiger partial charge in [-0.05, 0) is 0 Å². The van der Waals surface area contributed by atoms with E-state index in [2.05, 4.69) is 4.65 Å². The van der Waals surface area contributed by atoms with Crippen LogP contribution in [0.1, 0.15) is 0 Å². The van der Waals surface area contributed by atoms with Gasteiger partial charge in [-0.15, -0.1) is 0 Å². The Morgan fingerprint density at radius 3 is 0.941 bits per heavy atom. The maximum atomic E-state index is 11.9. The van der Waals surface area contributed by atoms with Crippen molar-refractivity contribution < 1.29 is 54.2 Å². The Morgan fingerprint density at radius 1 is 0.647 bits per heavy atom. The Labute approximate surface area is 87.0 Å². The van der Waals surface area contributed by atoms with Gasteiger partial charge in [-0.1, -0.05) is 0 Å². The first kappa shape index (κ1) is 16.3. The number of rotatable bonds is 2. The molecule has 2 N–H and O–H groups in total. The van der Waals surface area contributed by atoms with Crippen molar-refractivity contribution in [2.45, 2.75) is 24.1 Å². The van der Waals surface area contributed by atoms with Crippen molar-refractivity contribution >= 4 is 7.32 Å². The number of alkyl halides is 9. The third kappa shape index (κ3) is 2.77. The standard InChI is InChI=1S/C4H2BF9O3/c6-2(7,8)1(3(9,10)11,4(12,13)14)17-5(15)16/h15-16H. The highest BCUT2D eigenvalue weighted by Gasteiger charge is 2.86. The molecule has 0 amide bonds. The monoisotopic (exact) mass is 280 g/mol. The Bertz CT molecular complexity index is 229. The predicted octanol–water partition coefficient (Wildman–Crippen LogP) is 1.40. The summed E-state index contributed by atoms with van der Waals surface area (Å²) in [5.74, 6) is 0. The summed E-state index contributed by atoms with van der Waals surface area (Å²) in [5.41, 5.74) is -6.67. The van der Waals surface area contributed by atoms with E-state index in [1.54, 1.807) is 0 Å². The van der Waals surface area contributed by atoms with Gasteiger partial charge in [0.1, 0.15) is 0 Å². The second-order valence-electron chi connectivity index (χ2n) is 2.62. The first-order valence-corrected chi connectivity index (χ1v) is 3.41. The molecule has 0 saturated heterocycles. The molecule has 0 heterocycles. The molecule has 0 aromatic heterocycles. The largest absolute Gasteiger partial charge is 0.635 e. The fraction of sp³-hybridized carbons (Fsp3) is 1.00. The molecular weight excluding hydrogens is 278 g/mol. The average Bonchev–Trinajstić information content (AvgIpc) is 1.91. The number of hydrogen-bond donors (Lipinski definition) is 2. The van der Waals surface area contributed by atoms with Crippen LogP contribution in [0.25, 0.3) is 0 Å². The van der Waals surface area contributed by atoms with Crippen molar-refractivity contribution in [3.8, 4) is 0 Å². The van der Waals surface area contributed by atoms with Gasteiger partial charge in [0.2, 0.25) is 0 Å². The third-order valence-electron chi connectivity index (χ3n) is 1.48. The van der Waals surface area contributed by atoms with Gasteiger partial charge in [0.05, 0.1) is 0 Å². The molecule has 0 saturated carbocycles. The quantitative estimate of drug-likeness (QED) is 0.593. The van der Waals surface area contributed by atoms with E-state index in [0.29, 0.717) is 0 Å². The van der Waals surface area contributed by atoms with E-state index in [1.165, 1.54) is 0 Å². The highest BCUT2D eigenvalue weighted by molar-refractivity contribution is 6.32. The highest BCUT2D eigenvalue weighted by atomic mass is 19.4. The minimum absolute atomic E-state index is 2.27. The van der Waals surface area contributed by atoms with Crippen LogP contribution in [-0.2, 0) is 4.65 Å². The van der Waals surface area contributed by atoms with E-state index >= 15 is 0 Å². The molecule has 0 rings (SSSR count). The summed E-state index contributed by atoms with van der Waals surface area (Å²) in [6, 6.07) is 0. The van der Waals surface area contributed by atoms with E-state index in [4.69, 9.17) is 10.0 Å². The Hall–Kier alpha value is -0.685. The summed E-state index contributed by atoms with van der Waals surface area (Å²) in [5, 5.41) is 15.6. The van der Waals surface area contributed by atoms with Crippen LogP contribution in [0.3, 0.4) is 0 Å². The van der Waals surface area contributed by atoms with Crippen LogP contribution in [0.15, 0.2) is 0 Å². The normalized spacial score (nSPS) is 15.0. The molecule has 0 aromatic rings. The van der Waals surface area contributed by atoms with Crippen LogP contribution in [0.2, 0.25) is 0 Å². The molecule has 0 atom stereocenters. The van der Waals surface area contributed by atoms with Gasteiger partial charge in [-0.25, -0.2) is 0 Å². The minimum Gasteiger partial charge on any atom is -0.402 e. The van der Waals surface area contributed by atoms with Gasteiger partial charge in [-0.2, -0.15) is 39.5 Å². The lowest BCUT2D eigenvalue weighted by atomic mass is 9.99. The van der Waals surface area contributed by atoms with Crippen LogP contribution in [-0.4, -0.2) is 41.5 Å². The lowest BCUT2D eigenvalue weighted by molar-refractivity contribution is -0.442. The maximum absolute atomic E-state index is 11.9. The first-order chi connectivity index (χ1) is 7.17. The minimum atomic E-state index is -6.98. The van der Waals surface area contributed by atoms with Gasteiger partial charge < -0.3 is 14.7 Å². The van der Waals surface area contributed by atoms with Crippen molar-refractivity contribution in [1.82, 2.24) is 0 Å². The van der Waals surface area contributed by atoms with Gasteiger partial charge in [0.25, 0.3) is 0 Å². The molecule has 0 radical (unpaired) electrons. The first-order valence-electron chi connectivity index (χ1n) is 3.41. The topological polar surface area (TPSA) is 49.7 Å². The molecule has 0 aliphatic carbocycles. The Balaban J connectivity index is 5.93. The molecule has 0 fully saturated rings. The summed E-state index contributed by atoms with van der Waals surface area (Å²) in [4.78, 5) is 0. The molecule has 0 bridgehead atoms. The molecule has 3 nitrogen and oxygen atoms in total. The van der Waals surface area contributed by atoms with Crippen molar-refractivity contribution in [3.05, 3.63) is 0 Å². The molecular formula is C4H2BF9O3. The van der Waals surface area contributed by atoms with Crippen LogP contribution in [0.5, 0.6) is 0 Å². The second-order valence-corrected chi connectivity index (χ2v) is 2.62. The zero-order chi connectivity index (χ0) is 14.3. The molecule has 17 heavy (non-hydrogen) atoms. The summed E-state index contributed by atoms with van der Waals surface area (Å²) in [6.07, 6.45) is -20.9. The van der Waals surface area contributed by atoms with Crippen LogP contribution in [0, 0.1) is 0 Å². The van der Waals surface area contributed by atoms with Gasteiger partial charge in [0, 0.05) is 0 Å². The summed E-state index contributed by atoms with van der Waals surface area (Å²) in [7, 11) is -3.92. The highest BCUT2D eigenvalue weighted by Crippen LogP contribution is 2.54. The molecule has 0 unspecified atom stereocenters. The molecule has 0 aromatic carbocycles. The lowest BCUT2D eigenvalue weighted by Crippen LogP contribution is -2.69. The van der Waals surface area contributed by atoms with Crippen molar-refractivity contribution in [2.24, 2.45) is 0 Å². The Morgan fingerprint density at radius 2 is 0.882 bits per heavy atom. The predicted molar refractivity (Wildman–Crippen MR) is 32.2 cm³/mol. The molecule has 0 aliphatic heterocycles.